The van der Waals surface area contributed by atoms with Crippen LogP contribution in [0, 0.1) is 11.8 Å². The van der Waals surface area contributed by atoms with E-state index in [0.717, 1.165) is 47.9 Å². The van der Waals surface area contributed by atoms with E-state index in [1.54, 1.807) is 0 Å². The number of carboxylic acid groups (broad SMARTS) is 1. The first-order valence-corrected chi connectivity index (χ1v) is 12.5. The second-order valence-electron chi connectivity index (χ2n) is 9.95. The number of amides is 2. The maximum absolute atomic E-state index is 13.1. The summed E-state index contributed by atoms with van der Waals surface area (Å²) in [5.74, 6) is -1.41. The zero-order chi connectivity index (χ0) is 24.9. The lowest BCUT2D eigenvalue weighted by atomic mass is 9.94. The van der Waals surface area contributed by atoms with Crippen molar-refractivity contribution in [3.8, 4) is 11.1 Å². The Morgan fingerprint density at radius 1 is 0.943 bits per heavy atom. The van der Waals surface area contributed by atoms with Gasteiger partial charge in [0.15, 0.2) is 0 Å². The number of alkyl carbamates (subject to hydrolysis) is 1. The van der Waals surface area contributed by atoms with Gasteiger partial charge in [-0.15, -0.1) is 0 Å². The van der Waals surface area contributed by atoms with E-state index in [1.807, 2.05) is 38.1 Å². The van der Waals surface area contributed by atoms with Gasteiger partial charge in [-0.2, -0.15) is 0 Å². The largest absolute Gasteiger partial charge is 0.481 e. The number of nitrogens with one attached hydrogen (secondary N) is 2. The van der Waals surface area contributed by atoms with Crippen molar-refractivity contribution in [3.05, 3.63) is 59.7 Å². The Kier molecular flexibility index (Phi) is 7.73. The van der Waals surface area contributed by atoms with Crippen molar-refractivity contribution in [1.82, 2.24) is 10.6 Å². The molecule has 0 bridgehead atoms. The Morgan fingerprint density at radius 2 is 1.51 bits per heavy atom. The molecule has 1 unspecified atom stereocenters. The van der Waals surface area contributed by atoms with Crippen LogP contribution in [0.2, 0.25) is 0 Å². The summed E-state index contributed by atoms with van der Waals surface area (Å²) < 4.78 is 5.62. The zero-order valence-corrected chi connectivity index (χ0v) is 20.3. The van der Waals surface area contributed by atoms with Gasteiger partial charge in [0.25, 0.3) is 0 Å². The molecule has 7 nitrogen and oxygen atoms in total. The normalized spacial score (nSPS) is 16.9. The first kappa shape index (κ1) is 24.8. The third-order valence-corrected chi connectivity index (χ3v) is 7.26. The smallest absolute Gasteiger partial charge is 0.407 e. The van der Waals surface area contributed by atoms with Gasteiger partial charge in [-0.1, -0.05) is 75.2 Å². The van der Waals surface area contributed by atoms with Crippen molar-refractivity contribution in [2.75, 3.05) is 6.61 Å². The van der Waals surface area contributed by atoms with Gasteiger partial charge in [0.2, 0.25) is 5.91 Å². The second kappa shape index (κ2) is 10.9. The summed E-state index contributed by atoms with van der Waals surface area (Å²) in [4.78, 5) is 37.2. The molecule has 35 heavy (non-hydrogen) atoms. The number of carbonyl (C=O) groups is 3. The Hall–Kier alpha value is -3.35. The molecule has 2 aromatic carbocycles. The first-order chi connectivity index (χ1) is 16.8. The molecule has 7 heteroatoms. The molecule has 3 N–H and O–H groups in total. The summed E-state index contributed by atoms with van der Waals surface area (Å²) in [6, 6.07) is 15.0. The number of hydrogen-bond acceptors (Lipinski definition) is 4. The van der Waals surface area contributed by atoms with Crippen molar-refractivity contribution in [3.63, 3.8) is 0 Å². The highest BCUT2D eigenvalue weighted by molar-refractivity contribution is 5.86. The molecule has 1 saturated carbocycles. The van der Waals surface area contributed by atoms with Gasteiger partial charge >= 0.3 is 12.1 Å². The lowest BCUT2D eigenvalue weighted by Gasteiger charge is -2.28. The predicted octanol–water partition coefficient (Wildman–Crippen LogP) is 4.70. The SMILES string of the molecule is CC(C)[C@H](NC(=O)OCC1c2ccccc2-c2ccccc21)C(=O)NC(CC(=O)O)C1CCCC1. The van der Waals surface area contributed by atoms with E-state index >= 15 is 0 Å². The van der Waals surface area contributed by atoms with Crippen molar-refractivity contribution in [1.29, 1.82) is 0 Å². The third-order valence-electron chi connectivity index (χ3n) is 7.26. The summed E-state index contributed by atoms with van der Waals surface area (Å²) in [6.45, 7) is 3.85. The summed E-state index contributed by atoms with van der Waals surface area (Å²) in [5, 5.41) is 14.9. The number of aliphatic carboxylic acids is 1. The molecule has 2 atom stereocenters. The van der Waals surface area contributed by atoms with E-state index in [0.29, 0.717) is 0 Å². The van der Waals surface area contributed by atoms with Crippen LogP contribution in [0.1, 0.15) is 63.0 Å². The molecule has 4 rings (SSSR count). The molecule has 0 spiro atoms. The van der Waals surface area contributed by atoms with E-state index < -0.39 is 24.1 Å². The fourth-order valence-electron chi connectivity index (χ4n) is 5.46. The highest BCUT2D eigenvalue weighted by atomic mass is 16.5. The Labute approximate surface area is 206 Å². The third kappa shape index (κ3) is 5.66. The van der Waals surface area contributed by atoms with Gasteiger partial charge < -0.3 is 20.5 Å². The van der Waals surface area contributed by atoms with Crippen LogP contribution in [0.4, 0.5) is 4.79 Å². The monoisotopic (exact) mass is 478 g/mol. The number of hydrogen-bond donors (Lipinski definition) is 3. The number of fused-ring (bicyclic) bond motifs is 3. The van der Waals surface area contributed by atoms with Crippen LogP contribution >= 0.6 is 0 Å². The quantitative estimate of drug-likeness (QED) is 0.485. The molecule has 0 saturated heterocycles. The molecule has 1 fully saturated rings. The van der Waals surface area contributed by atoms with Crippen LogP contribution < -0.4 is 10.6 Å². The zero-order valence-electron chi connectivity index (χ0n) is 20.3. The molecular weight excluding hydrogens is 444 g/mol. The molecule has 0 heterocycles. The molecule has 0 radical (unpaired) electrons. The van der Waals surface area contributed by atoms with E-state index in [4.69, 9.17) is 4.74 Å². The fraction of sp³-hybridized carbons (Fsp3) is 0.464. The predicted molar refractivity (Wildman–Crippen MR) is 133 cm³/mol. The van der Waals surface area contributed by atoms with Crippen molar-refractivity contribution < 1.29 is 24.2 Å². The van der Waals surface area contributed by atoms with Gasteiger partial charge in [-0.3, -0.25) is 9.59 Å². The Morgan fingerprint density at radius 3 is 2.06 bits per heavy atom. The van der Waals surface area contributed by atoms with E-state index in [2.05, 4.69) is 34.9 Å². The van der Waals surface area contributed by atoms with Crippen molar-refractivity contribution in [2.45, 2.75) is 64.0 Å². The van der Waals surface area contributed by atoms with Crippen molar-refractivity contribution >= 4 is 18.0 Å². The highest BCUT2D eigenvalue weighted by Gasteiger charge is 2.33. The van der Waals surface area contributed by atoms with Gasteiger partial charge in [-0.25, -0.2) is 4.79 Å². The Bertz CT molecular complexity index is 1030. The van der Waals surface area contributed by atoms with Crippen LogP contribution in [0.25, 0.3) is 11.1 Å². The van der Waals surface area contributed by atoms with Gasteiger partial charge in [-0.05, 0) is 46.9 Å². The van der Waals surface area contributed by atoms with Crippen LogP contribution in [0.15, 0.2) is 48.5 Å². The minimum atomic E-state index is -0.937. The molecule has 2 aromatic rings. The second-order valence-corrected chi connectivity index (χ2v) is 9.95. The number of rotatable bonds is 9. The van der Waals surface area contributed by atoms with Crippen LogP contribution in [-0.4, -0.2) is 41.8 Å². The highest BCUT2D eigenvalue weighted by Crippen LogP contribution is 2.44. The molecule has 2 aliphatic carbocycles. The van der Waals surface area contributed by atoms with Crippen LogP contribution in [0.5, 0.6) is 0 Å². The minimum Gasteiger partial charge on any atom is -0.481 e. The number of ether oxygens (including phenoxy) is 1. The average Bonchev–Trinajstić information content (AvgIpc) is 3.47. The first-order valence-electron chi connectivity index (χ1n) is 12.5. The van der Waals surface area contributed by atoms with E-state index in [1.165, 1.54) is 0 Å². The van der Waals surface area contributed by atoms with Crippen molar-refractivity contribution in [2.24, 2.45) is 11.8 Å². The number of benzene rings is 2. The van der Waals surface area contributed by atoms with Gasteiger partial charge in [0.1, 0.15) is 12.6 Å². The average molecular weight is 479 g/mol. The fourth-order valence-corrected chi connectivity index (χ4v) is 5.46. The molecule has 186 valence electrons. The topological polar surface area (TPSA) is 105 Å². The minimum absolute atomic E-state index is 0.0678. The summed E-state index contributed by atoms with van der Waals surface area (Å²) >= 11 is 0. The molecule has 2 amide bonds. The molecular formula is C28H34N2O5. The van der Waals surface area contributed by atoms with Crippen LogP contribution in [0.3, 0.4) is 0 Å². The van der Waals surface area contributed by atoms with Gasteiger partial charge in [0.05, 0.1) is 6.42 Å². The van der Waals surface area contributed by atoms with E-state index in [9.17, 15) is 19.5 Å². The van der Waals surface area contributed by atoms with E-state index in [-0.39, 0.29) is 36.7 Å². The number of carboxylic acids is 1. The molecule has 0 aliphatic heterocycles. The molecule has 2 aliphatic rings. The molecule has 0 aromatic heterocycles. The maximum atomic E-state index is 13.1. The van der Waals surface area contributed by atoms with Crippen LogP contribution in [-0.2, 0) is 14.3 Å². The number of carbonyl (C=O) groups excluding carboxylic acids is 2. The van der Waals surface area contributed by atoms with Gasteiger partial charge in [0, 0.05) is 12.0 Å². The lowest BCUT2D eigenvalue weighted by molar-refractivity contribution is -0.138. The summed E-state index contributed by atoms with van der Waals surface area (Å²) in [6.07, 6.45) is 3.13. The Balaban J connectivity index is 1.39. The maximum Gasteiger partial charge on any atom is 0.407 e. The summed E-state index contributed by atoms with van der Waals surface area (Å²) in [7, 11) is 0. The lowest BCUT2D eigenvalue weighted by Crippen LogP contribution is -2.53. The summed E-state index contributed by atoms with van der Waals surface area (Å²) in [5.41, 5.74) is 4.53. The standard InChI is InChI=1S/C28H34N2O5/c1-17(2)26(27(33)29-24(15-25(31)32)18-9-3-4-10-18)30-28(34)35-16-23-21-13-7-5-11-19(21)20-12-6-8-14-22(20)23/h5-8,11-14,17-18,23-24,26H,3-4,9-10,15-16H2,1-2H3,(H,29,33)(H,30,34)(H,31,32)/t24?,26-/m0/s1.